The molecule has 0 saturated carbocycles. The molecule has 18 heteroatoms. The zero-order valence-corrected chi connectivity index (χ0v) is 42.1. The predicted molar refractivity (Wildman–Crippen MR) is 267 cm³/mol. The minimum atomic E-state index is -2.33. The van der Waals surface area contributed by atoms with Crippen molar-refractivity contribution in [1.82, 2.24) is 10.6 Å². The fourth-order valence-corrected chi connectivity index (χ4v) is 9.26. The Balaban J connectivity index is 1.27. The molecule has 0 spiro atoms. The van der Waals surface area contributed by atoms with E-state index in [4.69, 9.17) is 30.4 Å². The van der Waals surface area contributed by atoms with Crippen LogP contribution in [0.5, 0.6) is 0 Å². The lowest BCUT2D eigenvalue weighted by atomic mass is 9.92. The summed E-state index contributed by atoms with van der Waals surface area (Å²) in [4.78, 5) is 82.5. The van der Waals surface area contributed by atoms with Crippen molar-refractivity contribution in [2.24, 2.45) is 35.1 Å². The molecule has 16 nitrogen and oxygen atoms in total. The summed E-state index contributed by atoms with van der Waals surface area (Å²) in [5.41, 5.74) is 14.6. The number of fused-ring (bicyclic) bond motifs is 2. The fraction of sp³-hybridized carbons (Fsp3) is 0.464. The number of carbonyl (C=O) groups is 6. The maximum Gasteiger partial charge on any atom is 0.323 e. The Morgan fingerprint density at radius 1 is 0.581 bits per heavy atom. The van der Waals surface area contributed by atoms with Crippen LogP contribution in [-0.2, 0) is 73.8 Å². The number of nitrogens with one attached hydrogen (secondary N) is 2. The number of amides is 2. The highest BCUT2D eigenvalue weighted by Crippen LogP contribution is 2.39. The van der Waals surface area contributed by atoms with E-state index >= 15 is 8.78 Å². The maximum atomic E-state index is 15.1. The molecule has 398 valence electrons. The molecular formula is C56H68F2N4O12. The Bertz CT molecular complexity index is 2430. The van der Waals surface area contributed by atoms with E-state index in [0.29, 0.717) is 24.0 Å². The molecule has 4 aromatic rings. The number of aliphatic hydroxyl groups excluding tert-OH is 2. The van der Waals surface area contributed by atoms with Gasteiger partial charge < -0.3 is 51.3 Å². The van der Waals surface area contributed by atoms with Crippen molar-refractivity contribution in [3.8, 4) is 0 Å². The highest BCUT2D eigenvalue weighted by Gasteiger charge is 2.46. The first-order chi connectivity index (χ1) is 35.4. The molecule has 12 atom stereocenters. The van der Waals surface area contributed by atoms with Gasteiger partial charge in [-0.1, -0.05) is 125 Å². The molecule has 0 fully saturated rings. The lowest BCUT2D eigenvalue weighted by Crippen LogP contribution is -2.57. The Morgan fingerprint density at radius 2 is 0.932 bits per heavy atom. The zero-order chi connectivity index (χ0) is 53.6. The molecule has 6 rings (SSSR count). The largest absolute Gasteiger partial charge is 0.464 e. The first-order valence-corrected chi connectivity index (χ1v) is 25.2. The second-order valence-corrected chi connectivity index (χ2v) is 19.2. The number of hydrogen-bond donors (Lipinski definition) is 6. The topological polar surface area (TPSA) is 256 Å². The number of benzene rings is 4. The predicted octanol–water partition coefficient (Wildman–Crippen LogP) is 4.97. The Morgan fingerprint density at radius 3 is 1.30 bits per heavy atom. The summed E-state index contributed by atoms with van der Waals surface area (Å²) in [5.74, 6) is -7.68. The third kappa shape index (κ3) is 14.1. The minimum absolute atomic E-state index is 0.0253. The van der Waals surface area contributed by atoms with E-state index in [0.717, 1.165) is 23.3 Å². The summed E-state index contributed by atoms with van der Waals surface area (Å²) in [7, 11) is 0. The normalized spacial score (nSPS) is 20.1. The van der Waals surface area contributed by atoms with Gasteiger partial charge in [0.25, 0.3) is 11.8 Å². The molecule has 4 aromatic carbocycles. The highest BCUT2D eigenvalue weighted by atomic mass is 19.1. The second kappa shape index (κ2) is 26.8. The number of carbonyl (C=O) groups excluding carboxylic acids is 6. The lowest BCUT2D eigenvalue weighted by Gasteiger charge is -2.33. The van der Waals surface area contributed by atoms with Gasteiger partial charge in [0.05, 0.1) is 38.5 Å². The molecule has 0 bridgehead atoms. The summed E-state index contributed by atoms with van der Waals surface area (Å²) >= 11 is 0. The SMILES string of the molecule is CC[C@H](C)[C@H](N)C(=O)OCCC(=O)[C@@H]1Cc2ccccc2[C@H]1NC(=O)[C@H](OCc1ccccc1F)[C@H](O)[C@@H](O)[C@@H](OCc1ccccc1F)C(=O)N[C@@H]1c2ccccc2C[C@H]1C(=O)CCOC(=O)[C@@H](N)[C@@H](C)CC. The second-order valence-electron chi connectivity index (χ2n) is 19.2. The molecule has 8 N–H and O–H groups in total. The average molecular weight is 1030 g/mol. The minimum Gasteiger partial charge on any atom is -0.464 e. The van der Waals surface area contributed by atoms with Crippen molar-refractivity contribution in [3.63, 3.8) is 0 Å². The van der Waals surface area contributed by atoms with E-state index in [-0.39, 0.29) is 73.4 Å². The van der Waals surface area contributed by atoms with Gasteiger partial charge in [-0.3, -0.25) is 28.8 Å². The molecule has 0 unspecified atom stereocenters. The monoisotopic (exact) mass is 1030 g/mol. The van der Waals surface area contributed by atoms with Crippen LogP contribution in [0.25, 0.3) is 0 Å². The van der Waals surface area contributed by atoms with Gasteiger partial charge in [0.15, 0.2) is 12.2 Å². The van der Waals surface area contributed by atoms with Crippen molar-refractivity contribution in [2.45, 2.75) is 128 Å². The van der Waals surface area contributed by atoms with E-state index in [1.165, 1.54) is 36.4 Å². The van der Waals surface area contributed by atoms with Gasteiger partial charge in [0.1, 0.15) is 47.5 Å². The number of hydrogen-bond acceptors (Lipinski definition) is 14. The number of nitrogens with two attached hydrogens (primary N) is 2. The maximum absolute atomic E-state index is 15.1. The van der Waals surface area contributed by atoms with Crippen LogP contribution < -0.4 is 22.1 Å². The van der Waals surface area contributed by atoms with Crippen LogP contribution in [0.1, 0.15) is 98.8 Å². The fourth-order valence-electron chi connectivity index (χ4n) is 9.26. The number of halogens is 2. The van der Waals surface area contributed by atoms with Crippen LogP contribution in [0.15, 0.2) is 97.1 Å². The number of esters is 2. The average Bonchev–Trinajstić information content (AvgIpc) is 3.96. The molecule has 0 heterocycles. The van der Waals surface area contributed by atoms with E-state index in [1.807, 2.05) is 27.7 Å². The first kappa shape index (κ1) is 57.0. The molecule has 74 heavy (non-hydrogen) atoms. The van der Waals surface area contributed by atoms with Crippen LogP contribution >= 0.6 is 0 Å². The number of ketones is 2. The lowest BCUT2D eigenvalue weighted by molar-refractivity contribution is -0.171. The summed E-state index contributed by atoms with van der Waals surface area (Å²) in [6.07, 6.45) is -7.61. The summed E-state index contributed by atoms with van der Waals surface area (Å²) in [5, 5.41) is 30.0. The Labute approximate surface area is 429 Å². The van der Waals surface area contributed by atoms with Crippen molar-refractivity contribution >= 4 is 35.3 Å². The van der Waals surface area contributed by atoms with Crippen molar-refractivity contribution in [1.29, 1.82) is 0 Å². The van der Waals surface area contributed by atoms with Crippen molar-refractivity contribution < 1.29 is 66.7 Å². The smallest absolute Gasteiger partial charge is 0.323 e. The highest BCUT2D eigenvalue weighted by molar-refractivity contribution is 5.89. The summed E-state index contributed by atoms with van der Waals surface area (Å²) < 4.78 is 52.8. The van der Waals surface area contributed by atoms with Gasteiger partial charge in [0, 0.05) is 35.8 Å². The van der Waals surface area contributed by atoms with Crippen LogP contribution in [0, 0.1) is 35.3 Å². The molecule has 0 radical (unpaired) electrons. The number of aliphatic hydroxyl groups is 2. The van der Waals surface area contributed by atoms with Gasteiger partial charge in [-0.25, -0.2) is 8.78 Å². The van der Waals surface area contributed by atoms with E-state index in [1.54, 1.807) is 48.5 Å². The quantitative estimate of drug-likeness (QED) is 0.0432. The summed E-state index contributed by atoms with van der Waals surface area (Å²) in [6, 6.07) is 21.1. The van der Waals surface area contributed by atoms with Gasteiger partial charge >= 0.3 is 11.9 Å². The third-order valence-corrected chi connectivity index (χ3v) is 14.4. The van der Waals surface area contributed by atoms with Gasteiger partial charge in [0.2, 0.25) is 0 Å². The van der Waals surface area contributed by atoms with E-state index < -0.39 is 109 Å². The molecule has 0 aromatic heterocycles. The Hall–Kier alpha value is -6.28. The number of Topliss-reactive ketones (excluding diaryl/α,β-unsaturated/α-hetero) is 2. The number of rotatable bonds is 27. The Kier molecular flexibility index (Phi) is 20.6. The van der Waals surface area contributed by atoms with Gasteiger partial charge in [-0.2, -0.15) is 0 Å². The standard InChI is InChI=1S/C56H68F2N4O12/c1-5-31(3)45(59)55(69)71-25-23-43(63)39-27-33-15-7-11-19-37(33)47(39)61-53(67)51(73-29-35-17-9-13-21-41(35)57)49(65)50(66)52(74-30-36-18-10-14-22-42(36)58)54(68)62-48-38-20-12-8-16-34(38)28-40(48)44(64)24-26-72-56(70)46(60)32(4)6-2/h7-22,31-32,39-40,45-52,65-66H,5-6,23-30,59-60H2,1-4H3,(H,61,67)(H,62,68)/t31-,32-,39-,40-,45-,46-,47+,48+,49+,50+,51+,52+/m0/s1. The number of ether oxygens (including phenoxy) is 4. The van der Waals surface area contributed by atoms with E-state index in [9.17, 15) is 39.0 Å². The van der Waals surface area contributed by atoms with E-state index in [2.05, 4.69) is 10.6 Å². The molecule has 2 aliphatic rings. The van der Waals surface area contributed by atoms with Crippen LogP contribution in [0.3, 0.4) is 0 Å². The molecule has 0 aliphatic heterocycles. The molecule has 2 amide bonds. The molecular weight excluding hydrogens is 959 g/mol. The zero-order valence-electron chi connectivity index (χ0n) is 42.1. The van der Waals surface area contributed by atoms with Gasteiger partial charge in [-0.15, -0.1) is 0 Å². The molecule has 2 aliphatic carbocycles. The van der Waals surface area contributed by atoms with Gasteiger partial charge in [-0.05, 0) is 59.1 Å². The van der Waals surface area contributed by atoms with Crippen molar-refractivity contribution in [3.05, 3.63) is 142 Å². The first-order valence-electron chi connectivity index (χ1n) is 25.2. The van der Waals surface area contributed by atoms with Crippen LogP contribution in [0.2, 0.25) is 0 Å². The van der Waals surface area contributed by atoms with Crippen LogP contribution in [-0.4, -0.2) is 95.2 Å². The summed E-state index contributed by atoms with van der Waals surface area (Å²) in [6.45, 7) is 5.62. The third-order valence-electron chi connectivity index (χ3n) is 14.4. The van der Waals surface area contributed by atoms with Crippen LogP contribution in [0.4, 0.5) is 8.78 Å². The van der Waals surface area contributed by atoms with Crippen molar-refractivity contribution in [2.75, 3.05) is 13.2 Å². The molecule has 0 saturated heterocycles.